The summed E-state index contributed by atoms with van der Waals surface area (Å²) in [6.45, 7) is 0.305. The van der Waals surface area contributed by atoms with E-state index in [-0.39, 0.29) is 11.3 Å². The Morgan fingerprint density at radius 1 is 0.816 bits per heavy atom. The van der Waals surface area contributed by atoms with Gasteiger partial charge < -0.3 is 29.0 Å². The first kappa shape index (κ1) is 26.4. The molecule has 0 aliphatic heterocycles. The van der Waals surface area contributed by atoms with Crippen LogP contribution in [-0.4, -0.2) is 46.5 Å². The highest BCUT2D eigenvalue weighted by Gasteiger charge is 2.28. The first-order chi connectivity index (χ1) is 18.4. The summed E-state index contributed by atoms with van der Waals surface area (Å²) >= 11 is 0. The minimum atomic E-state index is -0.592. The molecular formula is C31H31NO6. The van der Waals surface area contributed by atoms with Gasteiger partial charge in [-0.3, -0.25) is 0 Å². The van der Waals surface area contributed by atoms with E-state index in [1.54, 1.807) is 12.1 Å². The Kier molecular flexibility index (Phi) is 8.06. The monoisotopic (exact) mass is 513 g/mol. The summed E-state index contributed by atoms with van der Waals surface area (Å²) in [5.41, 5.74) is 4.70. The van der Waals surface area contributed by atoms with E-state index in [1.165, 1.54) is 27.4 Å². The largest absolute Gasteiger partial charge is 0.504 e. The first-order valence-electron chi connectivity index (χ1n) is 12.0. The second-order valence-corrected chi connectivity index (χ2v) is 8.80. The van der Waals surface area contributed by atoms with Crippen LogP contribution in [0.4, 0.5) is 5.69 Å². The third kappa shape index (κ3) is 5.37. The normalized spacial score (nSPS) is 10.6. The molecule has 0 aliphatic rings. The highest BCUT2D eigenvalue weighted by atomic mass is 16.5. The minimum Gasteiger partial charge on any atom is -0.504 e. The predicted molar refractivity (Wildman–Crippen MR) is 149 cm³/mol. The number of hydrogen-bond acceptors (Lipinski definition) is 7. The number of rotatable bonds is 9. The van der Waals surface area contributed by atoms with Crippen molar-refractivity contribution in [1.29, 1.82) is 0 Å². The van der Waals surface area contributed by atoms with Gasteiger partial charge in [-0.25, -0.2) is 4.79 Å². The zero-order chi connectivity index (χ0) is 27.2. The summed E-state index contributed by atoms with van der Waals surface area (Å²) in [5, 5.41) is 10.8. The number of phenols is 1. The van der Waals surface area contributed by atoms with Gasteiger partial charge in [0.15, 0.2) is 11.5 Å². The number of carbonyl (C=O) groups is 1. The van der Waals surface area contributed by atoms with E-state index in [0.29, 0.717) is 40.5 Å². The quantitative estimate of drug-likeness (QED) is 0.268. The molecule has 0 unspecified atom stereocenters. The van der Waals surface area contributed by atoms with Crippen molar-refractivity contribution < 1.29 is 28.8 Å². The van der Waals surface area contributed by atoms with Gasteiger partial charge in [0.05, 0.1) is 21.3 Å². The van der Waals surface area contributed by atoms with Crippen LogP contribution in [0.1, 0.15) is 15.9 Å². The van der Waals surface area contributed by atoms with Crippen LogP contribution in [0.5, 0.6) is 23.0 Å². The Morgan fingerprint density at radius 2 is 1.50 bits per heavy atom. The van der Waals surface area contributed by atoms with Gasteiger partial charge in [0.25, 0.3) is 0 Å². The molecule has 0 saturated heterocycles. The maximum absolute atomic E-state index is 13.1. The van der Waals surface area contributed by atoms with E-state index < -0.39 is 5.97 Å². The van der Waals surface area contributed by atoms with Crippen LogP contribution in [0.15, 0.2) is 78.9 Å². The topological polar surface area (TPSA) is 77.5 Å². The van der Waals surface area contributed by atoms with Gasteiger partial charge in [-0.2, -0.15) is 0 Å². The predicted octanol–water partition coefficient (Wildman–Crippen LogP) is 6.18. The molecule has 196 valence electrons. The lowest BCUT2D eigenvalue weighted by atomic mass is 9.92. The molecule has 38 heavy (non-hydrogen) atoms. The average molecular weight is 514 g/mol. The highest BCUT2D eigenvalue weighted by molar-refractivity contribution is 6.05. The van der Waals surface area contributed by atoms with Crippen molar-refractivity contribution in [3.05, 3.63) is 90.0 Å². The highest BCUT2D eigenvalue weighted by Crippen LogP contribution is 2.47. The van der Waals surface area contributed by atoms with Crippen LogP contribution in [0.2, 0.25) is 0 Å². The van der Waals surface area contributed by atoms with Crippen molar-refractivity contribution >= 4 is 11.7 Å². The van der Waals surface area contributed by atoms with Gasteiger partial charge in [-0.15, -0.1) is 0 Å². The number of esters is 1. The molecule has 0 aromatic heterocycles. The molecule has 4 aromatic rings. The summed E-state index contributed by atoms with van der Waals surface area (Å²) in [7, 11) is 8.29. The van der Waals surface area contributed by atoms with Gasteiger partial charge in [0.2, 0.25) is 0 Å². The SMILES string of the molecule is COC(=O)c1c(OC)c(-c2ccc(N(C)C)cc2)cc(OC)c1-c1ccc(OCc2ccccc2)c(O)c1. The number of nitrogens with zero attached hydrogens (tertiary/aromatic N) is 1. The van der Waals surface area contributed by atoms with E-state index >= 15 is 0 Å². The molecule has 7 heteroatoms. The van der Waals surface area contributed by atoms with Crippen molar-refractivity contribution in [1.82, 2.24) is 0 Å². The molecule has 0 radical (unpaired) electrons. The molecular weight excluding hydrogens is 482 g/mol. The van der Waals surface area contributed by atoms with Gasteiger partial charge in [-0.05, 0) is 47.0 Å². The van der Waals surface area contributed by atoms with Crippen molar-refractivity contribution in [3.63, 3.8) is 0 Å². The smallest absolute Gasteiger partial charge is 0.342 e. The summed E-state index contributed by atoms with van der Waals surface area (Å²) < 4.78 is 22.5. The first-order valence-corrected chi connectivity index (χ1v) is 12.0. The molecule has 0 bridgehead atoms. The van der Waals surface area contributed by atoms with Crippen LogP contribution >= 0.6 is 0 Å². The Bertz CT molecular complexity index is 1410. The zero-order valence-electron chi connectivity index (χ0n) is 22.1. The molecule has 4 aromatic carbocycles. The Labute approximate surface area is 222 Å². The van der Waals surface area contributed by atoms with Crippen molar-refractivity contribution in [2.75, 3.05) is 40.3 Å². The van der Waals surface area contributed by atoms with E-state index in [0.717, 1.165) is 16.8 Å². The van der Waals surface area contributed by atoms with Gasteiger partial charge in [0, 0.05) is 30.9 Å². The van der Waals surface area contributed by atoms with E-state index in [9.17, 15) is 9.90 Å². The molecule has 0 fully saturated rings. The van der Waals surface area contributed by atoms with Crippen molar-refractivity contribution in [2.24, 2.45) is 0 Å². The Morgan fingerprint density at radius 3 is 2.08 bits per heavy atom. The summed E-state index contributed by atoms with van der Waals surface area (Å²) in [4.78, 5) is 15.1. The third-order valence-electron chi connectivity index (χ3n) is 6.24. The maximum Gasteiger partial charge on any atom is 0.342 e. The lowest BCUT2D eigenvalue weighted by molar-refractivity contribution is 0.0597. The molecule has 0 aliphatic carbocycles. The molecule has 0 saturated carbocycles. The van der Waals surface area contributed by atoms with Crippen LogP contribution in [0, 0.1) is 0 Å². The van der Waals surface area contributed by atoms with Crippen LogP contribution in [0.3, 0.4) is 0 Å². The molecule has 0 atom stereocenters. The lowest BCUT2D eigenvalue weighted by Crippen LogP contribution is -2.10. The van der Waals surface area contributed by atoms with Crippen molar-refractivity contribution in [2.45, 2.75) is 6.61 Å². The van der Waals surface area contributed by atoms with E-state index in [4.69, 9.17) is 18.9 Å². The molecule has 7 nitrogen and oxygen atoms in total. The van der Waals surface area contributed by atoms with Crippen molar-refractivity contribution in [3.8, 4) is 45.3 Å². The molecule has 0 spiro atoms. The summed E-state index contributed by atoms with van der Waals surface area (Å²) in [6, 6.07) is 24.3. The minimum absolute atomic E-state index is 0.0707. The number of phenolic OH excluding ortho intramolecular Hbond substituents is 1. The number of benzene rings is 4. The number of hydrogen-bond donors (Lipinski definition) is 1. The van der Waals surface area contributed by atoms with Gasteiger partial charge in [0.1, 0.15) is 23.7 Å². The summed E-state index contributed by atoms with van der Waals surface area (Å²) in [5.74, 6) is 0.426. The van der Waals surface area contributed by atoms with Crippen LogP contribution < -0.4 is 19.1 Å². The van der Waals surface area contributed by atoms with E-state index in [1.807, 2.05) is 79.7 Å². The number of methoxy groups -OCH3 is 3. The zero-order valence-corrected chi connectivity index (χ0v) is 22.1. The molecule has 4 rings (SSSR count). The number of carbonyl (C=O) groups excluding carboxylic acids is 1. The number of ether oxygens (including phenoxy) is 4. The Hall–Kier alpha value is -4.65. The maximum atomic E-state index is 13.1. The van der Waals surface area contributed by atoms with Crippen LogP contribution in [0.25, 0.3) is 22.3 Å². The third-order valence-corrected chi connectivity index (χ3v) is 6.24. The average Bonchev–Trinajstić information content (AvgIpc) is 2.95. The molecule has 1 N–H and O–H groups in total. The van der Waals surface area contributed by atoms with Gasteiger partial charge >= 0.3 is 5.97 Å². The lowest BCUT2D eigenvalue weighted by Gasteiger charge is -2.21. The fourth-order valence-corrected chi connectivity index (χ4v) is 4.28. The van der Waals surface area contributed by atoms with Crippen LogP contribution in [-0.2, 0) is 11.3 Å². The fourth-order valence-electron chi connectivity index (χ4n) is 4.28. The number of anilines is 1. The summed E-state index contributed by atoms with van der Waals surface area (Å²) in [6.07, 6.45) is 0. The number of aromatic hydroxyl groups is 1. The Balaban J connectivity index is 1.82. The second kappa shape index (κ2) is 11.6. The molecule has 0 heterocycles. The standard InChI is InChI=1S/C31H31NO6/c1-32(2)23-14-11-21(12-15-23)24-18-27(35-3)28(29(30(24)36-4)31(34)37-5)22-13-16-26(25(33)17-22)38-19-20-9-7-6-8-10-20/h6-18,33H,19H2,1-5H3. The fraction of sp³-hybridized carbons (Fsp3) is 0.194. The molecule has 0 amide bonds. The van der Waals surface area contributed by atoms with E-state index in [2.05, 4.69) is 0 Å². The second-order valence-electron chi connectivity index (χ2n) is 8.80. The van der Waals surface area contributed by atoms with Gasteiger partial charge in [-0.1, -0.05) is 48.5 Å².